The van der Waals surface area contributed by atoms with Gasteiger partial charge < -0.3 is 15.2 Å². The van der Waals surface area contributed by atoms with E-state index in [1.165, 1.54) is 6.07 Å². The Kier molecular flexibility index (Phi) is 4.32. The third-order valence-electron chi connectivity index (χ3n) is 3.73. The summed E-state index contributed by atoms with van der Waals surface area (Å²) >= 11 is 1.08. The van der Waals surface area contributed by atoms with E-state index in [1.54, 1.807) is 6.92 Å². The Morgan fingerprint density at radius 1 is 1.43 bits per heavy atom. The average molecular weight is 339 g/mol. The fourth-order valence-electron chi connectivity index (χ4n) is 2.79. The molecule has 1 amide bonds. The standard InChI is InChI=1S/C16H15F2NO3S/c1-8-6-12(22-16(17)18)14(23-8)15(21)19-13-10-5-3-2-4-9(10)7-11(13)20/h2-6,11,13,16,20H,7H2,1H3,(H,19,21)/t11-,13+/m1/s1. The number of hydrogen-bond donors (Lipinski definition) is 2. The number of aliphatic hydroxyl groups excluding tert-OH is 1. The van der Waals surface area contributed by atoms with Crippen LogP contribution in [0.15, 0.2) is 30.3 Å². The summed E-state index contributed by atoms with van der Waals surface area (Å²) in [6.07, 6.45) is -0.290. The minimum absolute atomic E-state index is 0.0828. The van der Waals surface area contributed by atoms with Crippen LogP contribution in [0.4, 0.5) is 8.78 Å². The molecule has 0 saturated carbocycles. The number of fused-ring (bicyclic) bond motifs is 1. The van der Waals surface area contributed by atoms with Crippen molar-refractivity contribution in [3.05, 3.63) is 51.2 Å². The highest BCUT2D eigenvalue weighted by atomic mass is 32.1. The zero-order valence-electron chi connectivity index (χ0n) is 12.3. The molecule has 0 saturated heterocycles. The first-order valence-electron chi connectivity index (χ1n) is 7.07. The largest absolute Gasteiger partial charge is 0.433 e. The lowest BCUT2D eigenvalue weighted by Gasteiger charge is -2.18. The number of thiophene rings is 1. The molecule has 1 aromatic heterocycles. The molecule has 4 nitrogen and oxygen atoms in total. The van der Waals surface area contributed by atoms with Crippen LogP contribution in [0.25, 0.3) is 0 Å². The van der Waals surface area contributed by atoms with Crippen molar-refractivity contribution in [2.75, 3.05) is 0 Å². The molecule has 0 unspecified atom stereocenters. The Morgan fingerprint density at radius 3 is 2.91 bits per heavy atom. The molecule has 1 aliphatic carbocycles. The van der Waals surface area contributed by atoms with Crippen molar-refractivity contribution in [1.29, 1.82) is 0 Å². The maximum atomic E-state index is 12.4. The van der Waals surface area contributed by atoms with Gasteiger partial charge in [-0.15, -0.1) is 11.3 Å². The van der Waals surface area contributed by atoms with E-state index in [0.717, 1.165) is 22.5 Å². The number of aliphatic hydroxyl groups is 1. The van der Waals surface area contributed by atoms with Crippen LogP contribution in [-0.2, 0) is 6.42 Å². The van der Waals surface area contributed by atoms with Crippen molar-refractivity contribution in [3.8, 4) is 5.75 Å². The van der Waals surface area contributed by atoms with Crippen molar-refractivity contribution in [2.45, 2.75) is 32.1 Å². The maximum absolute atomic E-state index is 12.4. The number of benzene rings is 1. The summed E-state index contributed by atoms with van der Waals surface area (Å²) in [6.45, 7) is -1.28. The molecule has 122 valence electrons. The zero-order valence-corrected chi connectivity index (χ0v) is 13.1. The van der Waals surface area contributed by atoms with Gasteiger partial charge in [-0.3, -0.25) is 4.79 Å². The molecule has 2 aromatic rings. The van der Waals surface area contributed by atoms with Crippen molar-refractivity contribution in [3.63, 3.8) is 0 Å². The van der Waals surface area contributed by atoms with E-state index >= 15 is 0 Å². The predicted octanol–water partition coefficient (Wildman–Crippen LogP) is 3.05. The normalized spacial score (nSPS) is 19.7. The topological polar surface area (TPSA) is 58.6 Å². The number of aryl methyl sites for hydroxylation is 1. The van der Waals surface area contributed by atoms with Crippen LogP contribution >= 0.6 is 11.3 Å². The van der Waals surface area contributed by atoms with E-state index in [9.17, 15) is 18.7 Å². The second-order valence-corrected chi connectivity index (χ2v) is 6.61. The second-order valence-electron chi connectivity index (χ2n) is 5.35. The molecule has 0 fully saturated rings. The minimum Gasteiger partial charge on any atom is -0.433 e. The minimum atomic E-state index is -2.99. The number of alkyl halides is 2. The van der Waals surface area contributed by atoms with Gasteiger partial charge in [0.05, 0.1) is 12.1 Å². The van der Waals surface area contributed by atoms with Gasteiger partial charge in [-0.2, -0.15) is 8.78 Å². The van der Waals surface area contributed by atoms with Gasteiger partial charge in [-0.1, -0.05) is 24.3 Å². The van der Waals surface area contributed by atoms with E-state index in [1.807, 2.05) is 24.3 Å². The number of ether oxygens (including phenoxy) is 1. The fraction of sp³-hybridized carbons (Fsp3) is 0.312. The van der Waals surface area contributed by atoms with Crippen LogP contribution < -0.4 is 10.1 Å². The molecular weight excluding hydrogens is 324 g/mol. The summed E-state index contributed by atoms with van der Waals surface area (Å²) in [4.78, 5) is 13.2. The molecule has 2 atom stereocenters. The first kappa shape index (κ1) is 15.9. The second kappa shape index (κ2) is 6.25. The molecule has 0 aliphatic heterocycles. The van der Waals surface area contributed by atoms with E-state index in [-0.39, 0.29) is 10.6 Å². The first-order chi connectivity index (χ1) is 11.0. The van der Waals surface area contributed by atoms with Crippen molar-refractivity contribution in [2.24, 2.45) is 0 Å². The SMILES string of the molecule is Cc1cc(OC(F)F)c(C(=O)N[C@H]2c3ccccc3C[C@H]2O)s1. The number of carbonyl (C=O) groups excluding carboxylic acids is 1. The molecule has 0 radical (unpaired) electrons. The summed E-state index contributed by atoms with van der Waals surface area (Å²) in [5, 5.41) is 12.9. The summed E-state index contributed by atoms with van der Waals surface area (Å²) in [7, 11) is 0. The number of amides is 1. The predicted molar refractivity (Wildman–Crippen MR) is 82.0 cm³/mol. The Bertz CT molecular complexity index is 732. The molecule has 1 aromatic carbocycles. The van der Waals surface area contributed by atoms with Crippen molar-refractivity contribution in [1.82, 2.24) is 5.32 Å². The van der Waals surface area contributed by atoms with Crippen molar-refractivity contribution >= 4 is 17.2 Å². The van der Waals surface area contributed by atoms with Crippen LogP contribution in [-0.4, -0.2) is 23.7 Å². The van der Waals surface area contributed by atoms with E-state index in [4.69, 9.17) is 0 Å². The highest BCUT2D eigenvalue weighted by Gasteiger charge is 2.33. The fourth-order valence-corrected chi connectivity index (χ4v) is 3.63. The molecule has 2 N–H and O–H groups in total. The molecule has 0 bridgehead atoms. The number of rotatable bonds is 4. The number of hydrogen-bond acceptors (Lipinski definition) is 4. The van der Waals surface area contributed by atoms with Crippen LogP contribution in [0.3, 0.4) is 0 Å². The molecule has 7 heteroatoms. The number of carbonyl (C=O) groups is 1. The molecule has 23 heavy (non-hydrogen) atoms. The summed E-state index contributed by atoms with van der Waals surface area (Å²) < 4.78 is 29.3. The highest BCUT2D eigenvalue weighted by molar-refractivity contribution is 7.14. The van der Waals surface area contributed by atoms with Crippen LogP contribution in [0.2, 0.25) is 0 Å². The molecular formula is C16H15F2NO3S. The van der Waals surface area contributed by atoms with E-state index in [2.05, 4.69) is 10.1 Å². The third-order valence-corrected chi connectivity index (χ3v) is 4.76. The van der Waals surface area contributed by atoms with Gasteiger partial charge in [-0.05, 0) is 24.1 Å². The Balaban J connectivity index is 1.83. The van der Waals surface area contributed by atoms with E-state index in [0.29, 0.717) is 11.3 Å². The maximum Gasteiger partial charge on any atom is 0.387 e. The Labute approximate surface area is 135 Å². The Hall–Kier alpha value is -1.99. The first-order valence-corrected chi connectivity index (χ1v) is 7.89. The van der Waals surface area contributed by atoms with Crippen LogP contribution in [0, 0.1) is 6.92 Å². The van der Waals surface area contributed by atoms with Crippen LogP contribution in [0.1, 0.15) is 31.7 Å². The van der Waals surface area contributed by atoms with Gasteiger partial charge in [0, 0.05) is 11.3 Å². The van der Waals surface area contributed by atoms with Crippen molar-refractivity contribution < 1.29 is 23.4 Å². The zero-order chi connectivity index (χ0) is 16.6. The number of nitrogens with one attached hydrogen (secondary N) is 1. The van der Waals surface area contributed by atoms with Gasteiger partial charge in [0.15, 0.2) is 0 Å². The monoisotopic (exact) mass is 339 g/mol. The van der Waals surface area contributed by atoms with Gasteiger partial charge in [0.25, 0.3) is 5.91 Å². The molecule has 1 aliphatic rings. The molecule has 0 spiro atoms. The molecule has 3 rings (SSSR count). The van der Waals surface area contributed by atoms with Crippen LogP contribution in [0.5, 0.6) is 5.75 Å². The lowest BCUT2D eigenvalue weighted by Crippen LogP contribution is -2.33. The average Bonchev–Trinajstić information content (AvgIpc) is 2.99. The van der Waals surface area contributed by atoms with Gasteiger partial charge >= 0.3 is 6.61 Å². The summed E-state index contributed by atoms with van der Waals surface area (Å²) in [5.74, 6) is -0.666. The van der Waals surface area contributed by atoms with Gasteiger partial charge in [0.1, 0.15) is 10.6 Å². The summed E-state index contributed by atoms with van der Waals surface area (Å²) in [5.41, 5.74) is 1.81. The Morgan fingerprint density at radius 2 is 2.17 bits per heavy atom. The third kappa shape index (κ3) is 3.20. The quantitative estimate of drug-likeness (QED) is 0.900. The lowest BCUT2D eigenvalue weighted by atomic mass is 10.1. The van der Waals surface area contributed by atoms with Gasteiger partial charge in [0.2, 0.25) is 0 Å². The molecule has 1 heterocycles. The van der Waals surface area contributed by atoms with E-state index < -0.39 is 24.7 Å². The van der Waals surface area contributed by atoms with Gasteiger partial charge in [-0.25, -0.2) is 0 Å². The lowest BCUT2D eigenvalue weighted by molar-refractivity contribution is -0.0498. The number of halogens is 2. The smallest absolute Gasteiger partial charge is 0.387 e. The highest BCUT2D eigenvalue weighted by Crippen LogP contribution is 2.34. The summed E-state index contributed by atoms with van der Waals surface area (Å²) in [6, 6.07) is 8.28.